The predicted molar refractivity (Wildman–Crippen MR) is 101 cm³/mol. The summed E-state index contributed by atoms with van der Waals surface area (Å²) in [4.78, 5) is 2.26. The van der Waals surface area contributed by atoms with Crippen LogP contribution in [0.5, 0.6) is 0 Å². The molecule has 0 aromatic heterocycles. The Morgan fingerprint density at radius 2 is 1.74 bits per heavy atom. The van der Waals surface area contributed by atoms with Crippen LogP contribution in [0.2, 0.25) is 0 Å². The number of nitrogens with two attached hydrogens (primary N) is 1. The molecule has 0 radical (unpaired) electrons. The summed E-state index contributed by atoms with van der Waals surface area (Å²) in [6.45, 7) is 1.65. The summed E-state index contributed by atoms with van der Waals surface area (Å²) in [7, 11) is 0. The third-order valence-corrected chi connectivity index (χ3v) is 5.45. The molecule has 27 heavy (non-hydrogen) atoms. The minimum atomic E-state index is -4.35. The van der Waals surface area contributed by atoms with Gasteiger partial charge < -0.3 is 5.73 Å². The van der Waals surface area contributed by atoms with Crippen molar-refractivity contribution in [1.29, 1.82) is 0 Å². The lowest BCUT2D eigenvalue weighted by molar-refractivity contribution is -0.137. The number of alkyl halides is 3. The molecule has 1 aliphatic rings. The summed E-state index contributed by atoms with van der Waals surface area (Å²) < 4.78 is 39.0. The molecule has 140 valence electrons. The largest absolute Gasteiger partial charge is 0.416 e. The van der Waals surface area contributed by atoms with Gasteiger partial charge in [-0.3, -0.25) is 4.90 Å². The van der Waals surface area contributed by atoms with Crippen molar-refractivity contribution in [2.45, 2.75) is 31.2 Å². The first-order valence-electron chi connectivity index (χ1n) is 9.07. The van der Waals surface area contributed by atoms with Gasteiger partial charge in [0.1, 0.15) is 0 Å². The maximum Gasteiger partial charge on any atom is 0.416 e. The fourth-order valence-electron chi connectivity index (χ4n) is 3.86. The van der Waals surface area contributed by atoms with E-state index < -0.39 is 17.8 Å². The van der Waals surface area contributed by atoms with E-state index in [2.05, 4.69) is 29.2 Å². The molecular weight excluding hydrogens is 349 g/mol. The van der Waals surface area contributed by atoms with Crippen molar-refractivity contribution in [2.24, 2.45) is 5.73 Å². The maximum absolute atomic E-state index is 13.0. The number of halogens is 3. The fraction of sp³-hybridized carbons (Fsp3) is 0.273. The topological polar surface area (TPSA) is 29.3 Å². The summed E-state index contributed by atoms with van der Waals surface area (Å²) >= 11 is 0. The smallest absolute Gasteiger partial charge is 0.323 e. The predicted octanol–water partition coefficient (Wildman–Crippen LogP) is 5.13. The lowest BCUT2D eigenvalue weighted by Crippen LogP contribution is -2.52. The van der Waals surface area contributed by atoms with Crippen LogP contribution in [0.4, 0.5) is 13.2 Å². The standard InChI is InChI=1S/C22H21F3N2/c23-22(24,25)18-9-4-7-16(13-18)21(26)20-11-12-27(20)14-17-8-3-6-15-5-1-2-10-19(15)17/h1-10,13,20-21H,11-12,14,26H2/t20-,21-/m1/s1. The molecule has 0 unspecified atom stereocenters. The zero-order valence-electron chi connectivity index (χ0n) is 14.8. The maximum atomic E-state index is 13.0. The monoisotopic (exact) mass is 370 g/mol. The van der Waals surface area contributed by atoms with Crippen molar-refractivity contribution in [3.8, 4) is 0 Å². The molecule has 4 rings (SSSR count). The Morgan fingerprint density at radius 3 is 2.48 bits per heavy atom. The summed E-state index contributed by atoms with van der Waals surface area (Å²) in [5, 5.41) is 2.40. The van der Waals surface area contributed by atoms with E-state index in [1.54, 1.807) is 6.07 Å². The van der Waals surface area contributed by atoms with Crippen LogP contribution in [-0.2, 0) is 12.7 Å². The summed E-state index contributed by atoms with van der Waals surface area (Å²) in [6, 6.07) is 19.5. The number of rotatable bonds is 4. The van der Waals surface area contributed by atoms with Gasteiger partial charge in [0.15, 0.2) is 0 Å². The van der Waals surface area contributed by atoms with Gasteiger partial charge in [-0.25, -0.2) is 0 Å². The van der Waals surface area contributed by atoms with Crippen LogP contribution in [-0.4, -0.2) is 17.5 Å². The van der Waals surface area contributed by atoms with Gasteiger partial charge in [-0.1, -0.05) is 54.6 Å². The number of nitrogens with zero attached hydrogens (tertiary/aromatic N) is 1. The minimum absolute atomic E-state index is 0.0486. The Morgan fingerprint density at radius 1 is 1.00 bits per heavy atom. The van der Waals surface area contributed by atoms with Crippen LogP contribution in [0.3, 0.4) is 0 Å². The highest BCUT2D eigenvalue weighted by molar-refractivity contribution is 5.85. The van der Waals surface area contributed by atoms with Gasteiger partial charge in [-0.15, -0.1) is 0 Å². The molecule has 1 fully saturated rings. The molecule has 0 saturated carbocycles. The molecule has 1 saturated heterocycles. The summed E-state index contributed by atoms with van der Waals surface area (Å²) in [6.07, 6.45) is -3.46. The Hall–Kier alpha value is -2.37. The fourth-order valence-corrected chi connectivity index (χ4v) is 3.86. The minimum Gasteiger partial charge on any atom is -0.323 e. The first-order valence-corrected chi connectivity index (χ1v) is 9.07. The normalized spacial score (nSPS) is 19.0. The van der Waals surface area contributed by atoms with Crippen molar-refractivity contribution in [1.82, 2.24) is 4.90 Å². The van der Waals surface area contributed by atoms with E-state index in [-0.39, 0.29) is 6.04 Å². The Labute approximate surface area is 156 Å². The van der Waals surface area contributed by atoms with Crippen molar-refractivity contribution in [3.63, 3.8) is 0 Å². The molecule has 0 bridgehead atoms. The number of hydrogen-bond donors (Lipinski definition) is 1. The first kappa shape index (κ1) is 18.0. The quantitative estimate of drug-likeness (QED) is 0.690. The van der Waals surface area contributed by atoms with Gasteiger partial charge in [0.25, 0.3) is 0 Å². The highest BCUT2D eigenvalue weighted by Gasteiger charge is 2.35. The van der Waals surface area contributed by atoms with Gasteiger partial charge in [0.05, 0.1) is 5.56 Å². The number of benzene rings is 3. The van der Waals surface area contributed by atoms with Crippen LogP contribution in [0, 0.1) is 0 Å². The van der Waals surface area contributed by atoms with E-state index in [1.165, 1.54) is 28.5 Å². The summed E-state index contributed by atoms with van der Waals surface area (Å²) in [5.74, 6) is 0. The van der Waals surface area contributed by atoms with E-state index in [4.69, 9.17) is 5.73 Å². The van der Waals surface area contributed by atoms with E-state index in [9.17, 15) is 13.2 Å². The third-order valence-electron chi connectivity index (χ3n) is 5.45. The third kappa shape index (κ3) is 3.57. The second-order valence-electron chi connectivity index (χ2n) is 7.11. The van der Waals surface area contributed by atoms with Crippen LogP contribution < -0.4 is 5.73 Å². The molecule has 0 amide bonds. The SMILES string of the molecule is N[C@H](c1cccc(C(F)(F)F)c1)[C@H]1CCN1Cc1cccc2ccccc12. The lowest BCUT2D eigenvalue weighted by Gasteiger charge is -2.44. The van der Waals surface area contributed by atoms with Gasteiger partial charge in [-0.2, -0.15) is 13.2 Å². The lowest BCUT2D eigenvalue weighted by atomic mass is 9.89. The molecular formula is C22H21F3N2. The second-order valence-corrected chi connectivity index (χ2v) is 7.11. The number of likely N-dealkylation sites (tertiary alicyclic amines) is 1. The highest BCUT2D eigenvalue weighted by atomic mass is 19.4. The Bertz CT molecular complexity index is 946. The molecule has 1 aliphatic heterocycles. The second kappa shape index (κ2) is 6.98. The molecule has 2 atom stereocenters. The zero-order chi connectivity index (χ0) is 19.0. The van der Waals surface area contributed by atoms with Crippen LogP contribution in [0.25, 0.3) is 10.8 Å². The molecule has 5 heteroatoms. The van der Waals surface area contributed by atoms with Gasteiger partial charge >= 0.3 is 6.18 Å². The van der Waals surface area contributed by atoms with E-state index >= 15 is 0 Å². The molecule has 2 nitrogen and oxygen atoms in total. The molecule has 3 aromatic carbocycles. The van der Waals surface area contributed by atoms with E-state index in [0.29, 0.717) is 5.56 Å². The van der Waals surface area contributed by atoms with Crippen LogP contribution in [0.1, 0.15) is 29.2 Å². The Balaban J connectivity index is 1.54. The highest BCUT2D eigenvalue weighted by Crippen LogP contribution is 2.34. The van der Waals surface area contributed by atoms with Crippen molar-refractivity contribution in [2.75, 3.05) is 6.54 Å². The van der Waals surface area contributed by atoms with Crippen molar-refractivity contribution >= 4 is 10.8 Å². The molecule has 2 N–H and O–H groups in total. The average molecular weight is 370 g/mol. The molecule has 0 aliphatic carbocycles. The van der Waals surface area contributed by atoms with Crippen molar-refractivity contribution < 1.29 is 13.2 Å². The van der Waals surface area contributed by atoms with Crippen LogP contribution in [0.15, 0.2) is 66.7 Å². The summed E-state index contributed by atoms with van der Waals surface area (Å²) in [5.41, 5.74) is 7.47. The number of hydrogen-bond acceptors (Lipinski definition) is 2. The molecule has 0 spiro atoms. The van der Waals surface area contributed by atoms with Crippen molar-refractivity contribution in [3.05, 3.63) is 83.4 Å². The van der Waals surface area contributed by atoms with Gasteiger partial charge in [-0.05, 0) is 40.5 Å². The number of fused-ring (bicyclic) bond motifs is 1. The zero-order valence-corrected chi connectivity index (χ0v) is 14.8. The van der Waals surface area contributed by atoms with E-state index in [0.717, 1.165) is 25.6 Å². The average Bonchev–Trinajstić information content (AvgIpc) is 2.64. The molecule has 3 aromatic rings. The molecule has 1 heterocycles. The first-order chi connectivity index (χ1) is 12.9. The van der Waals surface area contributed by atoms with Gasteiger partial charge in [0.2, 0.25) is 0 Å². The van der Waals surface area contributed by atoms with Crippen LogP contribution >= 0.6 is 0 Å². The van der Waals surface area contributed by atoms with Gasteiger partial charge in [0, 0.05) is 25.2 Å². The van der Waals surface area contributed by atoms with E-state index in [1.807, 2.05) is 18.2 Å². The Kier molecular flexibility index (Phi) is 4.66.